The number of likely N-dealkylation sites (tertiary alicyclic amines) is 1. The molecule has 1 heterocycles. The van der Waals surface area contributed by atoms with Gasteiger partial charge in [-0.2, -0.15) is 0 Å². The lowest BCUT2D eigenvalue weighted by atomic mass is 10.2. The molecule has 1 aliphatic rings. The number of unbranched alkanes of at least 4 members (excludes halogenated alkanes) is 2. The summed E-state index contributed by atoms with van der Waals surface area (Å²) >= 11 is 0. The molecule has 1 atom stereocenters. The van der Waals surface area contributed by atoms with Crippen molar-refractivity contribution in [3.63, 3.8) is 0 Å². The lowest BCUT2D eigenvalue weighted by Gasteiger charge is -2.26. The molecular weight excluding hydrogens is 198 g/mol. The predicted molar refractivity (Wildman–Crippen MR) is 70.7 cm³/mol. The first kappa shape index (κ1) is 13.9. The number of hydrogen-bond acceptors (Lipinski definition) is 3. The van der Waals surface area contributed by atoms with Crippen LogP contribution < -0.4 is 5.73 Å². The molecule has 1 aliphatic heterocycles. The van der Waals surface area contributed by atoms with Crippen LogP contribution in [0.15, 0.2) is 0 Å². The molecule has 0 bridgehead atoms. The van der Waals surface area contributed by atoms with E-state index < -0.39 is 0 Å². The molecule has 16 heavy (non-hydrogen) atoms. The fourth-order valence-corrected chi connectivity index (χ4v) is 2.71. The number of rotatable bonds is 8. The molecule has 1 unspecified atom stereocenters. The second kappa shape index (κ2) is 8.04. The highest BCUT2D eigenvalue weighted by Gasteiger charge is 2.25. The lowest BCUT2D eigenvalue weighted by molar-refractivity contribution is 0.210. The first-order chi connectivity index (χ1) is 7.81. The summed E-state index contributed by atoms with van der Waals surface area (Å²) in [6, 6.07) is 0.810. The van der Waals surface area contributed by atoms with E-state index in [1.54, 1.807) is 0 Å². The zero-order valence-electron chi connectivity index (χ0n) is 11.1. The lowest BCUT2D eigenvalue weighted by Crippen LogP contribution is -2.37. The topological polar surface area (TPSA) is 32.5 Å². The molecule has 0 spiro atoms. The number of nitrogens with zero attached hydrogens (tertiary/aromatic N) is 2. The van der Waals surface area contributed by atoms with E-state index in [2.05, 4.69) is 23.6 Å². The van der Waals surface area contributed by atoms with Crippen molar-refractivity contribution in [2.45, 2.75) is 45.6 Å². The van der Waals surface area contributed by atoms with Gasteiger partial charge in [-0.05, 0) is 52.0 Å². The Kier molecular flexibility index (Phi) is 7.01. The number of hydrogen-bond donors (Lipinski definition) is 1. The molecule has 0 aliphatic carbocycles. The first-order valence-corrected chi connectivity index (χ1v) is 6.98. The van der Waals surface area contributed by atoms with Crippen LogP contribution >= 0.6 is 0 Å². The van der Waals surface area contributed by atoms with Crippen molar-refractivity contribution in [3.05, 3.63) is 0 Å². The SMILES string of the molecule is CCN(CC)C1CCN(CCCCCN)C1. The molecule has 0 aromatic carbocycles. The van der Waals surface area contributed by atoms with E-state index >= 15 is 0 Å². The zero-order chi connectivity index (χ0) is 11.8. The fourth-order valence-electron chi connectivity index (χ4n) is 2.71. The van der Waals surface area contributed by atoms with Crippen molar-refractivity contribution in [2.75, 3.05) is 39.3 Å². The highest BCUT2D eigenvalue weighted by atomic mass is 15.2. The minimum absolute atomic E-state index is 0.810. The van der Waals surface area contributed by atoms with Gasteiger partial charge in [0.05, 0.1) is 0 Å². The highest BCUT2D eigenvalue weighted by Crippen LogP contribution is 2.15. The average Bonchev–Trinajstić information content (AvgIpc) is 2.75. The van der Waals surface area contributed by atoms with Crippen LogP contribution in [0.4, 0.5) is 0 Å². The van der Waals surface area contributed by atoms with Gasteiger partial charge in [0.25, 0.3) is 0 Å². The van der Waals surface area contributed by atoms with Crippen LogP contribution in [0, 0.1) is 0 Å². The van der Waals surface area contributed by atoms with Gasteiger partial charge in [-0.15, -0.1) is 0 Å². The quantitative estimate of drug-likeness (QED) is 0.638. The van der Waals surface area contributed by atoms with Gasteiger partial charge >= 0.3 is 0 Å². The summed E-state index contributed by atoms with van der Waals surface area (Å²) in [6.07, 6.45) is 5.16. The van der Waals surface area contributed by atoms with Crippen LogP contribution in [-0.4, -0.2) is 55.1 Å². The summed E-state index contributed by atoms with van der Waals surface area (Å²) in [7, 11) is 0. The largest absolute Gasteiger partial charge is 0.330 e. The fraction of sp³-hybridized carbons (Fsp3) is 1.00. The summed E-state index contributed by atoms with van der Waals surface area (Å²) in [5.41, 5.74) is 5.50. The van der Waals surface area contributed by atoms with Crippen molar-refractivity contribution in [3.8, 4) is 0 Å². The van der Waals surface area contributed by atoms with Gasteiger partial charge in [-0.25, -0.2) is 0 Å². The van der Waals surface area contributed by atoms with E-state index in [1.165, 1.54) is 58.4 Å². The molecule has 1 saturated heterocycles. The molecule has 0 aromatic rings. The molecule has 1 fully saturated rings. The van der Waals surface area contributed by atoms with Crippen LogP contribution in [0.2, 0.25) is 0 Å². The monoisotopic (exact) mass is 227 g/mol. The summed E-state index contributed by atoms with van der Waals surface area (Å²) < 4.78 is 0. The first-order valence-electron chi connectivity index (χ1n) is 6.98. The van der Waals surface area contributed by atoms with Gasteiger partial charge in [0, 0.05) is 12.6 Å². The molecule has 2 N–H and O–H groups in total. The Morgan fingerprint density at radius 1 is 1.19 bits per heavy atom. The van der Waals surface area contributed by atoms with Crippen LogP contribution in [0.1, 0.15) is 39.5 Å². The number of nitrogens with two attached hydrogens (primary N) is 1. The van der Waals surface area contributed by atoms with E-state index in [0.717, 1.165) is 12.6 Å². The normalized spacial score (nSPS) is 22.1. The maximum Gasteiger partial charge on any atom is 0.0235 e. The van der Waals surface area contributed by atoms with Crippen molar-refractivity contribution >= 4 is 0 Å². The summed E-state index contributed by atoms with van der Waals surface area (Å²) in [5, 5.41) is 0. The summed E-state index contributed by atoms with van der Waals surface area (Å²) in [4.78, 5) is 5.22. The van der Waals surface area contributed by atoms with Crippen LogP contribution in [0.3, 0.4) is 0 Å². The smallest absolute Gasteiger partial charge is 0.0235 e. The average molecular weight is 227 g/mol. The Morgan fingerprint density at radius 3 is 2.56 bits per heavy atom. The van der Waals surface area contributed by atoms with Crippen LogP contribution in [0.25, 0.3) is 0 Å². The maximum absolute atomic E-state index is 5.50. The van der Waals surface area contributed by atoms with Gasteiger partial charge < -0.3 is 10.6 Å². The third-order valence-corrected chi connectivity index (χ3v) is 3.75. The Balaban J connectivity index is 2.14. The Bertz CT molecular complexity index is 169. The van der Waals surface area contributed by atoms with Crippen molar-refractivity contribution in [2.24, 2.45) is 5.73 Å². The molecule has 0 amide bonds. The summed E-state index contributed by atoms with van der Waals surface area (Å²) in [6.45, 7) is 11.6. The zero-order valence-corrected chi connectivity index (χ0v) is 11.1. The Labute approximate surface area is 101 Å². The van der Waals surface area contributed by atoms with E-state index in [4.69, 9.17) is 5.73 Å². The molecule has 0 radical (unpaired) electrons. The summed E-state index contributed by atoms with van der Waals surface area (Å²) in [5.74, 6) is 0. The van der Waals surface area contributed by atoms with Gasteiger partial charge in [-0.3, -0.25) is 4.90 Å². The van der Waals surface area contributed by atoms with Crippen molar-refractivity contribution in [1.82, 2.24) is 9.80 Å². The molecule has 0 saturated carbocycles. The molecule has 0 aromatic heterocycles. The van der Waals surface area contributed by atoms with E-state index in [0.29, 0.717) is 0 Å². The molecular formula is C13H29N3. The van der Waals surface area contributed by atoms with E-state index in [-0.39, 0.29) is 0 Å². The van der Waals surface area contributed by atoms with Gasteiger partial charge in [0.15, 0.2) is 0 Å². The second-order valence-corrected chi connectivity index (χ2v) is 4.81. The minimum atomic E-state index is 0.810. The highest BCUT2D eigenvalue weighted by molar-refractivity contribution is 4.82. The molecule has 1 rings (SSSR count). The van der Waals surface area contributed by atoms with Gasteiger partial charge in [0.1, 0.15) is 0 Å². The minimum Gasteiger partial charge on any atom is -0.330 e. The Hall–Kier alpha value is -0.120. The Morgan fingerprint density at radius 2 is 1.94 bits per heavy atom. The van der Waals surface area contributed by atoms with E-state index in [9.17, 15) is 0 Å². The van der Waals surface area contributed by atoms with Crippen molar-refractivity contribution in [1.29, 1.82) is 0 Å². The molecule has 3 heteroatoms. The van der Waals surface area contributed by atoms with Gasteiger partial charge in [-0.1, -0.05) is 20.3 Å². The standard InChI is InChI=1S/C13H29N3/c1-3-16(4-2)13-8-11-15(12-13)10-7-5-6-9-14/h13H,3-12,14H2,1-2H3. The number of likely N-dealkylation sites (N-methyl/N-ethyl adjacent to an activating group) is 1. The van der Waals surface area contributed by atoms with Crippen LogP contribution in [-0.2, 0) is 0 Å². The van der Waals surface area contributed by atoms with Crippen LogP contribution in [0.5, 0.6) is 0 Å². The predicted octanol–water partition coefficient (Wildman–Crippen LogP) is 1.53. The van der Waals surface area contributed by atoms with Gasteiger partial charge in [0.2, 0.25) is 0 Å². The van der Waals surface area contributed by atoms with Crippen molar-refractivity contribution < 1.29 is 0 Å². The third-order valence-electron chi connectivity index (χ3n) is 3.75. The van der Waals surface area contributed by atoms with E-state index in [1.807, 2.05) is 0 Å². The maximum atomic E-state index is 5.50. The molecule has 96 valence electrons. The second-order valence-electron chi connectivity index (χ2n) is 4.81. The molecule has 3 nitrogen and oxygen atoms in total. The third kappa shape index (κ3) is 4.40.